The number of methoxy groups -OCH3 is 1. The van der Waals surface area contributed by atoms with Gasteiger partial charge in [-0.1, -0.05) is 24.8 Å². The fourth-order valence-corrected chi connectivity index (χ4v) is 3.92. The van der Waals surface area contributed by atoms with E-state index in [1.807, 2.05) is 0 Å². The van der Waals surface area contributed by atoms with Crippen LogP contribution in [0.25, 0.3) is 5.76 Å². The Morgan fingerprint density at radius 3 is 2.73 bits per heavy atom. The van der Waals surface area contributed by atoms with Crippen LogP contribution in [0.4, 0.5) is 0 Å². The van der Waals surface area contributed by atoms with Gasteiger partial charge in [0.2, 0.25) is 0 Å². The monoisotopic (exact) mass is 451 g/mol. The predicted octanol–water partition coefficient (Wildman–Crippen LogP) is 3.09. The summed E-state index contributed by atoms with van der Waals surface area (Å²) < 4.78 is 21.9. The van der Waals surface area contributed by atoms with Gasteiger partial charge in [0.05, 0.1) is 18.2 Å². The molecule has 0 aromatic heterocycles. The maximum absolute atomic E-state index is 13.1. The highest BCUT2D eigenvalue weighted by Gasteiger charge is 2.46. The minimum absolute atomic E-state index is 0.00588. The molecule has 33 heavy (non-hydrogen) atoms. The van der Waals surface area contributed by atoms with Crippen LogP contribution in [-0.2, 0) is 14.3 Å². The fourth-order valence-electron chi connectivity index (χ4n) is 3.92. The lowest BCUT2D eigenvalue weighted by Gasteiger charge is -2.25. The number of fused-ring (bicyclic) bond motifs is 1. The summed E-state index contributed by atoms with van der Waals surface area (Å²) in [7, 11) is 1.52. The van der Waals surface area contributed by atoms with Gasteiger partial charge in [-0.2, -0.15) is 0 Å². The average molecular weight is 451 g/mol. The summed E-state index contributed by atoms with van der Waals surface area (Å²) in [6.45, 7) is 5.20. The van der Waals surface area contributed by atoms with Gasteiger partial charge in [-0.05, 0) is 35.9 Å². The number of ketones is 1. The zero-order chi connectivity index (χ0) is 23.4. The summed E-state index contributed by atoms with van der Waals surface area (Å²) in [6.07, 6.45) is 1.62. The zero-order valence-corrected chi connectivity index (χ0v) is 18.3. The number of aliphatic hydroxyl groups excluding tert-OH is 1. The maximum atomic E-state index is 13.1. The average Bonchev–Trinajstić information content (AvgIpc) is 3.10. The molecule has 0 spiro atoms. The van der Waals surface area contributed by atoms with Crippen molar-refractivity contribution in [1.82, 2.24) is 4.90 Å². The molecule has 4 rings (SSSR count). The Labute approximate surface area is 191 Å². The summed E-state index contributed by atoms with van der Waals surface area (Å²) >= 11 is 0. The van der Waals surface area contributed by atoms with E-state index in [2.05, 4.69) is 6.58 Å². The van der Waals surface area contributed by atoms with Crippen molar-refractivity contribution in [3.05, 3.63) is 71.8 Å². The van der Waals surface area contributed by atoms with E-state index in [9.17, 15) is 14.7 Å². The van der Waals surface area contributed by atoms with Gasteiger partial charge in [-0.3, -0.25) is 9.59 Å². The lowest BCUT2D eigenvalue weighted by atomic mass is 9.95. The van der Waals surface area contributed by atoms with E-state index in [-0.39, 0.29) is 24.5 Å². The van der Waals surface area contributed by atoms with Crippen molar-refractivity contribution in [2.75, 3.05) is 40.1 Å². The number of carbonyl (C=O) groups excluding carboxylic acids is 2. The molecule has 172 valence electrons. The van der Waals surface area contributed by atoms with Crippen LogP contribution in [0.5, 0.6) is 17.2 Å². The first-order valence-electron chi connectivity index (χ1n) is 10.6. The number of hydrogen-bond donors (Lipinski definition) is 1. The molecule has 0 aliphatic carbocycles. The molecule has 1 atom stereocenters. The van der Waals surface area contributed by atoms with Crippen molar-refractivity contribution < 1.29 is 33.6 Å². The Morgan fingerprint density at radius 2 is 1.97 bits per heavy atom. The number of likely N-dealkylation sites (tertiary alicyclic amines) is 1. The smallest absolute Gasteiger partial charge is 0.295 e. The lowest BCUT2D eigenvalue weighted by Crippen LogP contribution is -2.32. The number of aliphatic hydroxyl groups is 1. The quantitative estimate of drug-likeness (QED) is 0.285. The maximum Gasteiger partial charge on any atom is 0.295 e. The topological polar surface area (TPSA) is 94.5 Å². The van der Waals surface area contributed by atoms with E-state index in [1.165, 1.54) is 12.0 Å². The highest BCUT2D eigenvalue weighted by Crippen LogP contribution is 2.41. The van der Waals surface area contributed by atoms with Gasteiger partial charge in [-0.15, -0.1) is 0 Å². The summed E-state index contributed by atoms with van der Waals surface area (Å²) in [5, 5.41) is 11.2. The van der Waals surface area contributed by atoms with Crippen LogP contribution in [0.2, 0.25) is 0 Å². The number of benzene rings is 2. The second kappa shape index (κ2) is 9.79. The molecular formula is C25H25NO7. The van der Waals surface area contributed by atoms with Crippen molar-refractivity contribution in [2.45, 2.75) is 6.04 Å². The van der Waals surface area contributed by atoms with Crippen LogP contribution < -0.4 is 14.2 Å². The molecule has 1 fully saturated rings. The molecule has 1 N–H and O–H groups in total. The van der Waals surface area contributed by atoms with Crippen molar-refractivity contribution in [3.63, 3.8) is 0 Å². The molecule has 2 aromatic rings. The molecule has 8 heteroatoms. The number of ether oxygens (including phenoxy) is 4. The van der Waals surface area contributed by atoms with E-state index in [0.29, 0.717) is 48.2 Å². The number of nitrogens with zero attached hydrogens (tertiary/aromatic N) is 1. The molecule has 1 saturated heterocycles. The first-order valence-corrected chi connectivity index (χ1v) is 10.6. The highest BCUT2D eigenvalue weighted by molar-refractivity contribution is 6.46. The van der Waals surface area contributed by atoms with Gasteiger partial charge >= 0.3 is 0 Å². The summed E-state index contributed by atoms with van der Waals surface area (Å²) in [5.74, 6) is -0.163. The zero-order valence-electron chi connectivity index (χ0n) is 18.3. The highest BCUT2D eigenvalue weighted by atomic mass is 16.6. The Hall–Kier alpha value is -3.78. The van der Waals surface area contributed by atoms with Gasteiger partial charge in [0, 0.05) is 19.2 Å². The first kappa shape index (κ1) is 22.4. The third-order valence-corrected chi connectivity index (χ3v) is 5.43. The second-order valence-corrected chi connectivity index (χ2v) is 7.52. The van der Waals surface area contributed by atoms with E-state index >= 15 is 0 Å². The Morgan fingerprint density at radius 1 is 1.18 bits per heavy atom. The third kappa shape index (κ3) is 4.42. The van der Waals surface area contributed by atoms with Crippen molar-refractivity contribution in [3.8, 4) is 17.2 Å². The number of hydrogen-bond acceptors (Lipinski definition) is 7. The summed E-state index contributed by atoms with van der Waals surface area (Å²) in [5.41, 5.74) is 0.979. The molecule has 8 nitrogen and oxygen atoms in total. The van der Waals surface area contributed by atoms with Gasteiger partial charge in [-0.25, -0.2) is 0 Å². The fraction of sp³-hybridized carbons (Fsp3) is 0.280. The van der Waals surface area contributed by atoms with E-state index < -0.39 is 17.7 Å². The number of amides is 1. The Balaban J connectivity index is 1.81. The molecule has 2 heterocycles. The molecule has 2 aliphatic rings. The largest absolute Gasteiger partial charge is 0.507 e. The SMILES string of the molecule is C=CCOc1cccc(C2/C(=C(/O)c3ccc4c(c3)OCCO4)C(=O)C(=O)N2CCOC)c1. The number of Topliss-reactive ketones (excluding diaryl/α,β-unsaturated/α-hetero) is 1. The van der Waals surface area contributed by atoms with E-state index in [1.54, 1.807) is 48.5 Å². The van der Waals surface area contributed by atoms with Crippen LogP contribution in [0.1, 0.15) is 17.2 Å². The Bertz CT molecular complexity index is 1110. The normalized spacial score (nSPS) is 18.9. The van der Waals surface area contributed by atoms with E-state index in [4.69, 9.17) is 18.9 Å². The third-order valence-electron chi connectivity index (χ3n) is 5.43. The molecule has 0 bridgehead atoms. The van der Waals surface area contributed by atoms with Gasteiger partial charge < -0.3 is 29.0 Å². The minimum Gasteiger partial charge on any atom is -0.507 e. The molecule has 1 amide bonds. The second-order valence-electron chi connectivity index (χ2n) is 7.52. The first-order chi connectivity index (χ1) is 16.0. The minimum atomic E-state index is -0.805. The lowest BCUT2D eigenvalue weighted by molar-refractivity contribution is -0.140. The molecule has 2 aliphatic heterocycles. The van der Waals surface area contributed by atoms with E-state index in [0.717, 1.165) is 0 Å². The van der Waals surface area contributed by atoms with Gasteiger partial charge in [0.15, 0.2) is 11.5 Å². The molecule has 1 unspecified atom stereocenters. The van der Waals surface area contributed by atoms with Crippen LogP contribution >= 0.6 is 0 Å². The number of carbonyl (C=O) groups is 2. The van der Waals surface area contributed by atoms with Crippen LogP contribution in [0, 0.1) is 0 Å². The molecular weight excluding hydrogens is 426 g/mol. The summed E-state index contributed by atoms with van der Waals surface area (Å²) in [6, 6.07) is 11.2. The Kier molecular flexibility index (Phi) is 6.65. The van der Waals surface area contributed by atoms with Crippen molar-refractivity contribution in [1.29, 1.82) is 0 Å². The van der Waals surface area contributed by atoms with Crippen molar-refractivity contribution >= 4 is 17.4 Å². The van der Waals surface area contributed by atoms with Gasteiger partial charge in [0.25, 0.3) is 11.7 Å². The van der Waals surface area contributed by atoms with Crippen LogP contribution in [0.15, 0.2) is 60.7 Å². The number of rotatable bonds is 8. The predicted molar refractivity (Wildman–Crippen MR) is 120 cm³/mol. The molecule has 0 radical (unpaired) electrons. The summed E-state index contributed by atoms with van der Waals surface area (Å²) in [4.78, 5) is 27.4. The standard InChI is InChI=1S/C25H25NO7/c1-3-10-31-18-6-4-5-16(14-18)22-21(24(28)25(29)26(22)9-11-30-2)23(27)17-7-8-19-20(15-17)33-13-12-32-19/h3-8,14-15,22,27H,1,9-13H2,2H3/b23-21-. The van der Waals surface area contributed by atoms with Crippen LogP contribution in [0.3, 0.4) is 0 Å². The van der Waals surface area contributed by atoms with Gasteiger partial charge in [0.1, 0.15) is 31.3 Å². The molecule has 0 saturated carbocycles. The van der Waals surface area contributed by atoms with Crippen LogP contribution in [-0.4, -0.2) is 61.8 Å². The van der Waals surface area contributed by atoms with Crippen molar-refractivity contribution in [2.24, 2.45) is 0 Å². The molecule has 2 aromatic carbocycles.